The van der Waals surface area contributed by atoms with E-state index in [1.807, 2.05) is 0 Å². The molecule has 4 aliphatic carbocycles. The van der Waals surface area contributed by atoms with Gasteiger partial charge in [-0.15, -0.1) is 0 Å². The zero-order valence-electron chi connectivity index (χ0n) is 22.7. The number of cyclic esters (lactones) is 1. The van der Waals surface area contributed by atoms with Crippen LogP contribution in [0.15, 0.2) is 11.6 Å². The van der Waals surface area contributed by atoms with E-state index < -0.39 is 58.8 Å². The van der Waals surface area contributed by atoms with Crippen molar-refractivity contribution in [1.29, 1.82) is 0 Å². The number of carbonyl (C=O) groups excluding carboxylic acids is 2. The van der Waals surface area contributed by atoms with Gasteiger partial charge < -0.3 is 44.5 Å². The molecule has 0 aromatic heterocycles. The van der Waals surface area contributed by atoms with Crippen LogP contribution in [0.25, 0.3) is 0 Å². The highest BCUT2D eigenvalue weighted by Gasteiger charge is 2.71. The molecular formula is C29H42O10. The molecule has 39 heavy (non-hydrogen) atoms. The van der Waals surface area contributed by atoms with Crippen LogP contribution in [0.3, 0.4) is 0 Å². The third-order valence-electron chi connectivity index (χ3n) is 12.0. The second-order valence-electron chi connectivity index (χ2n) is 13.4. The van der Waals surface area contributed by atoms with Crippen molar-refractivity contribution in [1.82, 2.24) is 0 Å². The summed E-state index contributed by atoms with van der Waals surface area (Å²) in [6, 6.07) is 0. The summed E-state index contributed by atoms with van der Waals surface area (Å²) >= 11 is 0. The fourth-order valence-electron chi connectivity index (χ4n) is 9.75. The lowest BCUT2D eigenvalue weighted by Crippen LogP contribution is -2.69. The van der Waals surface area contributed by atoms with E-state index in [1.54, 1.807) is 13.0 Å². The van der Waals surface area contributed by atoms with E-state index in [4.69, 9.17) is 14.2 Å². The second-order valence-corrected chi connectivity index (χ2v) is 13.4. The van der Waals surface area contributed by atoms with E-state index in [1.165, 1.54) is 0 Å². The van der Waals surface area contributed by atoms with Crippen molar-refractivity contribution in [2.45, 2.75) is 120 Å². The highest BCUT2D eigenvalue weighted by atomic mass is 16.7. The van der Waals surface area contributed by atoms with Crippen LogP contribution >= 0.6 is 0 Å². The van der Waals surface area contributed by atoms with Gasteiger partial charge in [-0.3, -0.25) is 0 Å². The van der Waals surface area contributed by atoms with Gasteiger partial charge in [-0.25, -0.2) is 4.79 Å². The van der Waals surface area contributed by atoms with Gasteiger partial charge in [0.15, 0.2) is 6.29 Å². The lowest BCUT2D eigenvalue weighted by atomic mass is 9.41. The average Bonchev–Trinajstić information content (AvgIpc) is 3.45. The molecule has 0 radical (unpaired) electrons. The van der Waals surface area contributed by atoms with Crippen molar-refractivity contribution in [3.8, 4) is 0 Å². The summed E-state index contributed by atoms with van der Waals surface area (Å²) in [5, 5.41) is 55.0. The van der Waals surface area contributed by atoms with Crippen LogP contribution in [0.2, 0.25) is 0 Å². The van der Waals surface area contributed by atoms with E-state index >= 15 is 0 Å². The first kappa shape index (κ1) is 27.8. The summed E-state index contributed by atoms with van der Waals surface area (Å²) in [7, 11) is 0. The Morgan fingerprint density at radius 2 is 1.72 bits per heavy atom. The van der Waals surface area contributed by atoms with E-state index in [2.05, 4.69) is 6.92 Å². The predicted octanol–water partition coefficient (Wildman–Crippen LogP) is 0.750. The molecule has 1 saturated heterocycles. The Balaban J connectivity index is 1.22. The minimum atomic E-state index is -1.43. The van der Waals surface area contributed by atoms with Crippen LogP contribution in [0.5, 0.6) is 0 Å². The number of fused-ring (bicyclic) bond motifs is 5. The van der Waals surface area contributed by atoms with Crippen molar-refractivity contribution < 1.29 is 49.3 Å². The Kier molecular flexibility index (Phi) is 6.62. The van der Waals surface area contributed by atoms with E-state index in [-0.39, 0.29) is 36.8 Å². The Bertz CT molecular complexity index is 1050. The second kappa shape index (κ2) is 9.31. The van der Waals surface area contributed by atoms with Gasteiger partial charge in [0.05, 0.1) is 28.8 Å². The summed E-state index contributed by atoms with van der Waals surface area (Å²) < 4.78 is 16.9. The Morgan fingerprint density at radius 1 is 0.974 bits per heavy atom. The van der Waals surface area contributed by atoms with Crippen LogP contribution in [0.4, 0.5) is 0 Å². The number of aldehydes is 1. The SMILES string of the molecule is C[C@H]1O[C@@H](O[C@H]2CC[C@]3(C=O)[C@H]4CC[C@]5(C)[C@@H](C6=CC(=O)OC6)CC[C@]5(O)[C@@H]4CC[C@]3(O)C2)[C@H](O)[C@@H](O)[C@@H]1O. The highest BCUT2D eigenvalue weighted by Crippen LogP contribution is 2.70. The quantitative estimate of drug-likeness (QED) is 0.192. The van der Waals surface area contributed by atoms with Gasteiger partial charge in [-0.1, -0.05) is 6.92 Å². The number of hydrogen-bond acceptors (Lipinski definition) is 10. The van der Waals surface area contributed by atoms with Crippen molar-refractivity contribution in [3.63, 3.8) is 0 Å². The maximum absolute atomic E-state index is 13.0. The van der Waals surface area contributed by atoms with Crippen molar-refractivity contribution in [3.05, 3.63) is 11.6 Å². The highest BCUT2D eigenvalue weighted by molar-refractivity contribution is 5.85. The summed E-state index contributed by atoms with van der Waals surface area (Å²) in [5.41, 5.74) is -2.86. The van der Waals surface area contributed by atoms with Crippen LogP contribution in [0.1, 0.15) is 71.6 Å². The van der Waals surface area contributed by atoms with Gasteiger partial charge in [-0.05, 0) is 81.6 Å². The zero-order valence-corrected chi connectivity index (χ0v) is 22.7. The van der Waals surface area contributed by atoms with Gasteiger partial charge in [0, 0.05) is 17.9 Å². The predicted molar refractivity (Wildman–Crippen MR) is 135 cm³/mol. The molecule has 2 heterocycles. The summed E-state index contributed by atoms with van der Waals surface area (Å²) in [4.78, 5) is 24.8. The molecule has 13 atom stereocenters. The Labute approximate surface area is 228 Å². The number of aliphatic hydroxyl groups excluding tert-OH is 3. The standard InChI is InChI=1S/C29H42O10/c1-15-22(32)23(33)24(34)25(38-15)39-17-3-8-27(14-30)19-4-7-26(2)18(16-11-21(31)37-13-16)6-10-29(26,36)20(19)5-9-28(27,35)12-17/h11,14-15,17-20,22-25,32-36H,3-10,12-13H2,1-2H3/t15-,17+,18-,19+,20-,22-,23+,24-,25+,26-,27+,28+,29+/m1/s1. The molecule has 0 aromatic rings. The number of carbonyl (C=O) groups is 2. The molecule has 218 valence electrons. The molecule has 0 spiro atoms. The molecule has 0 aromatic carbocycles. The maximum atomic E-state index is 13.0. The molecule has 4 saturated carbocycles. The lowest BCUT2D eigenvalue weighted by molar-refractivity contribution is -0.317. The number of rotatable bonds is 4. The first-order valence-corrected chi connectivity index (χ1v) is 14.5. The number of hydrogen-bond donors (Lipinski definition) is 5. The summed E-state index contributed by atoms with van der Waals surface area (Å²) in [5.74, 6) is -0.616. The summed E-state index contributed by atoms with van der Waals surface area (Å²) in [6.45, 7) is 3.98. The van der Waals surface area contributed by atoms with Crippen LogP contribution < -0.4 is 0 Å². The Hall–Kier alpha value is -1.40. The third-order valence-corrected chi connectivity index (χ3v) is 12.0. The molecule has 10 nitrogen and oxygen atoms in total. The van der Waals surface area contributed by atoms with Gasteiger partial charge in [0.25, 0.3) is 0 Å². The van der Waals surface area contributed by atoms with E-state index in [9.17, 15) is 35.1 Å². The molecule has 6 rings (SSSR count). The normalized spacial score (nSPS) is 55.2. The minimum Gasteiger partial charge on any atom is -0.458 e. The fourth-order valence-corrected chi connectivity index (χ4v) is 9.75. The topological polar surface area (TPSA) is 163 Å². The molecule has 5 fully saturated rings. The maximum Gasteiger partial charge on any atom is 0.331 e. The van der Waals surface area contributed by atoms with Gasteiger partial charge in [0.2, 0.25) is 0 Å². The molecule has 5 N–H and O–H groups in total. The van der Waals surface area contributed by atoms with Crippen molar-refractivity contribution in [2.75, 3.05) is 6.61 Å². The minimum absolute atomic E-state index is 0.0465. The van der Waals surface area contributed by atoms with E-state index in [0.29, 0.717) is 44.9 Å². The van der Waals surface area contributed by atoms with Gasteiger partial charge >= 0.3 is 5.97 Å². The lowest BCUT2D eigenvalue weighted by Gasteiger charge is -2.65. The number of aliphatic hydroxyl groups is 5. The first-order valence-electron chi connectivity index (χ1n) is 14.5. The Morgan fingerprint density at radius 3 is 2.41 bits per heavy atom. The fraction of sp³-hybridized carbons (Fsp3) is 0.862. The van der Waals surface area contributed by atoms with Crippen molar-refractivity contribution in [2.24, 2.45) is 28.6 Å². The van der Waals surface area contributed by atoms with Gasteiger partial charge in [-0.2, -0.15) is 0 Å². The smallest absolute Gasteiger partial charge is 0.331 e. The first-order chi connectivity index (χ1) is 18.4. The van der Waals surface area contributed by atoms with Crippen LogP contribution in [-0.4, -0.2) is 92.4 Å². The third kappa shape index (κ3) is 3.78. The van der Waals surface area contributed by atoms with Crippen molar-refractivity contribution >= 4 is 12.3 Å². The number of esters is 1. The largest absolute Gasteiger partial charge is 0.458 e. The van der Waals surface area contributed by atoms with Crippen LogP contribution in [0, 0.1) is 28.6 Å². The summed E-state index contributed by atoms with van der Waals surface area (Å²) in [6.07, 6.45) is 0.689. The zero-order chi connectivity index (χ0) is 28.0. The molecule has 6 aliphatic rings. The molecular weight excluding hydrogens is 508 g/mol. The average molecular weight is 551 g/mol. The molecule has 0 amide bonds. The van der Waals surface area contributed by atoms with E-state index in [0.717, 1.165) is 18.3 Å². The molecule has 0 unspecified atom stereocenters. The van der Waals surface area contributed by atoms with Crippen LogP contribution in [-0.2, 0) is 23.8 Å². The molecule has 10 heteroatoms. The molecule has 0 bridgehead atoms. The molecule has 2 aliphatic heterocycles. The van der Waals surface area contributed by atoms with Gasteiger partial charge in [0.1, 0.15) is 31.2 Å². The monoisotopic (exact) mass is 550 g/mol. The number of ether oxygens (including phenoxy) is 3.